The lowest BCUT2D eigenvalue weighted by atomic mass is 10.00. The van der Waals surface area contributed by atoms with Crippen molar-refractivity contribution in [2.75, 3.05) is 20.1 Å². The summed E-state index contributed by atoms with van der Waals surface area (Å²) < 4.78 is 0. The highest BCUT2D eigenvalue weighted by Crippen LogP contribution is 2.14. The maximum absolute atomic E-state index is 12.8. The van der Waals surface area contributed by atoms with E-state index in [1.807, 2.05) is 56.1 Å². The minimum atomic E-state index is -0.498. The van der Waals surface area contributed by atoms with Crippen molar-refractivity contribution in [2.24, 2.45) is 5.92 Å². The number of benzene rings is 1. The van der Waals surface area contributed by atoms with E-state index in [4.69, 9.17) is 0 Å². The largest absolute Gasteiger partial charge is 0.341 e. The van der Waals surface area contributed by atoms with E-state index in [2.05, 4.69) is 16.0 Å². The van der Waals surface area contributed by atoms with Crippen molar-refractivity contribution >= 4 is 24.3 Å². The molecule has 1 aliphatic heterocycles. The van der Waals surface area contributed by atoms with Gasteiger partial charge in [0, 0.05) is 25.7 Å². The van der Waals surface area contributed by atoms with Crippen LogP contribution in [0.5, 0.6) is 0 Å². The van der Waals surface area contributed by atoms with E-state index in [-0.39, 0.29) is 30.3 Å². The Kier molecular flexibility index (Phi) is 9.44. The lowest BCUT2D eigenvalue weighted by molar-refractivity contribution is -0.135. The molecule has 3 amide bonds. The Hall–Kier alpha value is -1.79. The lowest BCUT2D eigenvalue weighted by Gasteiger charge is -2.35. The molecule has 0 saturated carbocycles. The van der Waals surface area contributed by atoms with Crippen LogP contribution in [0.1, 0.15) is 32.3 Å². The van der Waals surface area contributed by atoms with Gasteiger partial charge in [0.1, 0.15) is 6.04 Å². The van der Waals surface area contributed by atoms with Crippen molar-refractivity contribution in [1.29, 1.82) is 0 Å². The normalized spacial score (nSPS) is 15.9. The molecule has 0 radical (unpaired) electrons. The molecule has 0 bridgehead atoms. The van der Waals surface area contributed by atoms with Gasteiger partial charge in [-0.2, -0.15) is 0 Å². The molecule has 7 heteroatoms. The van der Waals surface area contributed by atoms with Gasteiger partial charge < -0.3 is 20.9 Å². The Labute approximate surface area is 162 Å². The summed E-state index contributed by atoms with van der Waals surface area (Å²) in [6.07, 6.45) is 1.90. The Morgan fingerprint density at radius 3 is 2.31 bits per heavy atom. The minimum Gasteiger partial charge on any atom is -0.341 e. The van der Waals surface area contributed by atoms with Crippen molar-refractivity contribution in [3.63, 3.8) is 0 Å². The Morgan fingerprint density at radius 1 is 1.15 bits per heavy atom. The van der Waals surface area contributed by atoms with Gasteiger partial charge >= 0.3 is 6.03 Å². The summed E-state index contributed by atoms with van der Waals surface area (Å²) in [6, 6.07) is 9.39. The summed E-state index contributed by atoms with van der Waals surface area (Å²) in [5.41, 5.74) is 1.03. The van der Waals surface area contributed by atoms with Crippen LogP contribution in [-0.2, 0) is 11.3 Å². The van der Waals surface area contributed by atoms with Crippen molar-refractivity contribution in [2.45, 2.75) is 45.3 Å². The van der Waals surface area contributed by atoms with Crippen LogP contribution in [0.15, 0.2) is 30.3 Å². The Bertz CT molecular complexity index is 560. The van der Waals surface area contributed by atoms with Crippen LogP contribution in [0.25, 0.3) is 0 Å². The standard InChI is InChI=1S/C19H30N4O2.ClH/c1-14(2)17(18(24)23-11-9-16(20-3)10-12-23)22-19(25)21-13-15-7-5-4-6-8-15;/h4-8,14,16-17,20H,9-13H2,1-3H3,(H2,21,22,25);1H. The molecule has 3 N–H and O–H groups in total. The maximum atomic E-state index is 12.8. The second-order valence-corrected chi connectivity index (χ2v) is 6.92. The van der Waals surface area contributed by atoms with Crippen molar-refractivity contribution in [1.82, 2.24) is 20.9 Å². The fourth-order valence-electron chi connectivity index (χ4n) is 3.07. The molecule has 6 nitrogen and oxygen atoms in total. The number of hydrogen-bond acceptors (Lipinski definition) is 3. The zero-order valence-corrected chi connectivity index (χ0v) is 16.6. The molecule has 1 fully saturated rings. The van der Waals surface area contributed by atoms with E-state index in [1.54, 1.807) is 0 Å². The van der Waals surface area contributed by atoms with E-state index in [0.29, 0.717) is 12.6 Å². The first-order valence-corrected chi connectivity index (χ1v) is 9.05. The van der Waals surface area contributed by atoms with E-state index in [9.17, 15) is 9.59 Å². The quantitative estimate of drug-likeness (QED) is 0.705. The highest BCUT2D eigenvalue weighted by molar-refractivity contribution is 5.87. The van der Waals surface area contributed by atoms with Gasteiger partial charge in [-0.1, -0.05) is 44.2 Å². The minimum absolute atomic E-state index is 0. The number of carbonyl (C=O) groups is 2. The van der Waals surface area contributed by atoms with Crippen LogP contribution >= 0.6 is 12.4 Å². The molecule has 26 heavy (non-hydrogen) atoms. The number of nitrogens with zero attached hydrogens (tertiary/aromatic N) is 1. The molecular formula is C19H31ClN4O2. The molecule has 146 valence electrons. The zero-order valence-electron chi connectivity index (χ0n) is 15.8. The van der Waals surface area contributed by atoms with Crippen LogP contribution < -0.4 is 16.0 Å². The number of carbonyl (C=O) groups excluding carboxylic acids is 2. The second kappa shape index (κ2) is 11.0. The highest BCUT2D eigenvalue weighted by Gasteiger charge is 2.30. The fraction of sp³-hybridized carbons (Fsp3) is 0.579. The van der Waals surface area contributed by atoms with Gasteiger partial charge in [0.2, 0.25) is 5.91 Å². The van der Waals surface area contributed by atoms with Crippen molar-refractivity contribution in [3.05, 3.63) is 35.9 Å². The maximum Gasteiger partial charge on any atom is 0.315 e. The molecule has 1 aromatic rings. The molecule has 1 heterocycles. The lowest BCUT2D eigenvalue weighted by Crippen LogP contribution is -2.55. The van der Waals surface area contributed by atoms with Gasteiger partial charge in [0.25, 0.3) is 0 Å². The smallest absolute Gasteiger partial charge is 0.315 e. The highest BCUT2D eigenvalue weighted by atomic mass is 35.5. The predicted octanol–water partition coefficient (Wildman–Crippen LogP) is 2.14. The number of likely N-dealkylation sites (tertiary alicyclic amines) is 1. The molecule has 0 aromatic heterocycles. The van der Waals surface area contributed by atoms with E-state index in [0.717, 1.165) is 31.5 Å². The molecule has 0 aliphatic carbocycles. The van der Waals surface area contributed by atoms with Crippen LogP contribution in [0.3, 0.4) is 0 Å². The molecule has 1 unspecified atom stereocenters. The molecule has 1 aliphatic rings. The predicted molar refractivity (Wildman–Crippen MR) is 106 cm³/mol. The first kappa shape index (κ1) is 22.3. The average molecular weight is 383 g/mol. The SMILES string of the molecule is CNC1CCN(C(=O)C(NC(=O)NCc2ccccc2)C(C)C)CC1.Cl. The summed E-state index contributed by atoms with van der Waals surface area (Å²) in [5, 5.41) is 8.94. The van der Waals surface area contributed by atoms with Crippen molar-refractivity contribution < 1.29 is 9.59 Å². The number of hydrogen-bond donors (Lipinski definition) is 3. The summed E-state index contributed by atoms with van der Waals surface area (Å²) in [5.74, 6) is 0.0522. The number of amides is 3. The summed E-state index contributed by atoms with van der Waals surface area (Å²) in [6.45, 7) is 5.84. The van der Waals surface area contributed by atoms with Gasteiger partial charge in [-0.3, -0.25) is 4.79 Å². The number of urea groups is 1. The third kappa shape index (κ3) is 6.50. The summed E-state index contributed by atoms with van der Waals surface area (Å²) in [7, 11) is 1.96. The van der Waals surface area contributed by atoms with Crippen LogP contribution in [-0.4, -0.2) is 49.1 Å². The molecule has 1 saturated heterocycles. The van der Waals surface area contributed by atoms with Crippen molar-refractivity contribution in [3.8, 4) is 0 Å². The Morgan fingerprint density at radius 2 is 1.77 bits per heavy atom. The summed E-state index contributed by atoms with van der Waals surface area (Å²) in [4.78, 5) is 26.9. The third-order valence-electron chi connectivity index (χ3n) is 4.73. The fourth-order valence-corrected chi connectivity index (χ4v) is 3.07. The van der Waals surface area contributed by atoms with E-state index >= 15 is 0 Å². The second-order valence-electron chi connectivity index (χ2n) is 6.92. The monoisotopic (exact) mass is 382 g/mol. The Balaban J connectivity index is 0.00000338. The molecule has 2 rings (SSSR count). The molecule has 1 aromatic carbocycles. The van der Waals surface area contributed by atoms with Gasteiger partial charge in [0.05, 0.1) is 0 Å². The zero-order chi connectivity index (χ0) is 18.2. The van der Waals surface area contributed by atoms with Crippen LogP contribution in [0, 0.1) is 5.92 Å². The van der Waals surface area contributed by atoms with Crippen LogP contribution in [0.4, 0.5) is 4.79 Å². The average Bonchev–Trinajstić information content (AvgIpc) is 2.64. The number of nitrogens with one attached hydrogen (secondary N) is 3. The molecule has 1 atom stereocenters. The number of halogens is 1. The van der Waals surface area contributed by atoms with Gasteiger partial charge in [0.15, 0.2) is 0 Å². The molecular weight excluding hydrogens is 352 g/mol. The first-order chi connectivity index (χ1) is 12.0. The summed E-state index contributed by atoms with van der Waals surface area (Å²) >= 11 is 0. The number of rotatable bonds is 6. The van der Waals surface area contributed by atoms with Gasteiger partial charge in [-0.25, -0.2) is 4.79 Å². The van der Waals surface area contributed by atoms with Gasteiger partial charge in [-0.05, 0) is 31.4 Å². The third-order valence-corrected chi connectivity index (χ3v) is 4.73. The number of piperidine rings is 1. The molecule has 0 spiro atoms. The van der Waals surface area contributed by atoms with E-state index in [1.165, 1.54) is 0 Å². The first-order valence-electron chi connectivity index (χ1n) is 9.05. The van der Waals surface area contributed by atoms with Gasteiger partial charge in [-0.15, -0.1) is 12.4 Å². The topological polar surface area (TPSA) is 73.5 Å². The van der Waals surface area contributed by atoms with Crippen LogP contribution in [0.2, 0.25) is 0 Å². The van der Waals surface area contributed by atoms with E-state index < -0.39 is 6.04 Å².